The van der Waals surface area contributed by atoms with Crippen LogP contribution >= 0.6 is 0 Å². The third kappa shape index (κ3) is 6.11. The van der Waals surface area contributed by atoms with Gasteiger partial charge < -0.3 is 14.8 Å². The van der Waals surface area contributed by atoms with Gasteiger partial charge in [-0.25, -0.2) is 0 Å². The molecule has 1 aliphatic carbocycles. The summed E-state index contributed by atoms with van der Waals surface area (Å²) >= 11 is 0. The molecule has 0 amide bonds. The smallest absolute Gasteiger partial charge is 0.0806 e. The second-order valence-electron chi connectivity index (χ2n) is 7.10. The van der Waals surface area contributed by atoms with Crippen molar-refractivity contribution in [2.75, 3.05) is 26.8 Å². The van der Waals surface area contributed by atoms with Crippen LogP contribution in [0.15, 0.2) is 0 Å². The van der Waals surface area contributed by atoms with Gasteiger partial charge in [0.15, 0.2) is 0 Å². The largest absolute Gasteiger partial charge is 0.379 e. The van der Waals surface area contributed by atoms with E-state index in [-0.39, 0.29) is 11.2 Å². The van der Waals surface area contributed by atoms with Crippen LogP contribution in [0.5, 0.6) is 0 Å². The lowest BCUT2D eigenvalue weighted by Gasteiger charge is -2.40. The molecule has 0 spiro atoms. The van der Waals surface area contributed by atoms with Gasteiger partial charge >= 0.3 is 0 Å². The van der Waals surface area contributed by atoms with Gasteiger partial charge in [0, 0.05) is 13.7 Å². The standard InChI is InChI=1S/C17H35NO2/c1-6-12-18-14-17(9-7-15(2)8-10-17)20-13-11-16(3,4)19-5/h15,18H,6-14H2,1-5H3. The highest BCUT2D eigenvalue weighted by molar-refractivity contribution is 4.89. The Morgan fingerprint density at radius 1 is 1.25 bits per heavy atom. The second kappa shape index (κ2) is 8.35. The molecular formula is C17H35NO2. The Kier molecular flexibility index (Phi) is 7.49. The van der Waals surface area contributed by atoms with Gasteiger partial charge in [-0.3, -0.25) is 0 Å². The fraction of sp³-hybridized carbons (Fsp3) is 1.00. The normalized spacial score (nSPS) is 27.8. The van der Waals surface area contributed by atoms with Gasteiger partial charge in [0.25, 0.3) is 0 Å². The lowest BCUT2D eigenvalue weighted by molar-refractivity contribution is -0.0954. The third-order valence-electron chi connectivity index (χ3n) is 4.72. The molecule has 0 heterocycles. The minimum atomic E-state index is -0.0833. The molecule has 0 aromatic heterocycles. The highest BCUT2D eigenvalue weighted by Crippen LogP contribution is 2.35. The van der Waals surface area contributed by atoms with Crippen LogP contribution in [-0.4, -0.2) is 38.0 Å². The van der Waals surface area contributed by atoms with E-state index < -0.39 is 0 Å². The van der Waals surface area contributed by atoms with E-state index >= 15 is 0 Å². The first-order valence-electron chi connectivity index (χ1n) is 8.33. The lowest BCUT2D eigenvalue weighted by Crippen LogP contribution is -2.46. The van der Waals surface area contributed by atoms with Crippen LogP contribution in [0.3, 0.4) is 0 Å². The first kappa shape index (κ1) is 17.9. The SMILES string of the molecule is CCCNCC1(OCCC(C)(C)OC)CCC(C)CC1. The summed E-state index contributed by atoms with van der Waals surface area (Å²) in [6, 6.07) is 0. The predicted molar refractivity (Wildman–Crippen MR) is 85.2 cm³/mol. The van der Waals surface area contributed by atoms with Crippen molar-refractivity contribution in [3.63, 3.8) is 0 Å². The predicted octanol–water partition coefficient (Wildman–Crippen LogP) is 3.77. The Balaban J connectivity index is 2.46. The molecule has 1 rings (SSSR count). The van der Waals surface area contributed by atoms with Crippen molar-refractivity contribution in [3.8, 4) is 0 Å². The number of nitrogens with one attached hydrogen (secondary N) is 1. The summed E-state index contributed by atoms with van der Waals surface area (Å²) in [5.74, 6) is 0.855. The average molecular weight is 285 g/mol. The van der Waals surface area contributed by atoms with Gasteiger partial charge in [0.2, 0.25) is 0 Å². The summed E-state index contributed by atoms with van der Waals surface area (Å²) in [5, 5.41) is 3.57. The molecule has 20 heavy (non-hydrogen) atoms. The molecule has 0 bridgehead atoms. The zero-order chi connectivity index (χ0) is 15.1. The molecule has 1 saturated carbocycles. The van der Waals surface area contributed by atoms with Crippen molar-refractivity contribution in [1.29, 1.82) is 0 Å². The van der Waals surface area contributed by atoms with E-state index in [1.54, 1.807) is 7.11 Å². The maximum absolute atomic E-state index is 6.36. The van der Waals surface area contributed by atoms with E-state index in [4.69, 9.17) is 9.47 Å². The zero-order valence-electron chi connectivity index (χ0n) is 14.3. The van der Waals surface area contributed by atoms with E-state index in [1.165, 1.54) is 32.1 Å². The molecule has 1 aliphatic rings. The molecular weight excluding hydrogens is 250 g/mol. The van der Waals surface area contributed by atoms with Crippen molar-refractivity contribution < 1.29 is 9.47 Å². The summed E-state index contributed by atoms with van der Waals surface area (Å²) in [7, 11) is 1.78. The number of ether oxygens (including phenoxy) is 2. The Hall–Kier alpha value is -0.120. The summed E-state index contributed by atoms with van der Waals surface area (Å²) in [4.78, 5) is 0. The van der Waals surface area contributed by atoms with Gasteiger partial charge in [-0.15, -0.1) is 0 Å². The lowest BCUT2D eigenvalue weighted by atomic mass is 9.79. The van der Waals surface area contributed by atoms with Crippen LogP contribution in [0.1, 0.15) is 66.2 Å². The summed E-state index contributed by atoms with van der Waals surface area (Å²) in [5.41, 5.74) is -0.0223. The molecule has 120 valence electrons. The first-order valence-corrected chi connectivity index (χ1v) is 8.33. The zero-order valence-corrected chi connectivity index (χ0v) is 14.3. The molecule has 0 radical (unpaired) electrons. The van der Waals surface area contributed by atoms with Gasteiger partial charge in [0.05, 0.1) is 17.8 Å². The molecule has 0 unspecified atom stereocenters. The van der Waals surface area contributed by atoms with Crippen LogP contribution in [0.4, 0.5) is 0 Å². The molecule has 0 aromatic rings. The highest BCUT2D eigenvalue weighted by atomic mass is 16.5. The summed E-state index contributed by atoms with van der Waals surface area (Å²) < 4.78 is 11.8. The van der Waals surface area contributed by atoms with Crippen LogP contribution in [0, 0.1) is 5.92 Å². The third-order valence-corrected chi connectivity index (χ3v) is 4.72. The fourth-order valence-corrected chi connectivity index (χ4v) is 2.77. The van der Waals surface area contributed by atoms with Crippen LogP contribution < -0.4 is 5.32 Å². The Morgan fingerprint density at radius 2 is 1.90 bits per heavy atom. The number of rotatable bonds is 9. The van der Waals surface area contributed by atoms with Gasteiger partial charge in [0.1, 0.15) is 0 Å². The van der Waals surface area contributed by atoms with Gasteiger partial charge in [-0.1, -0.05) is 13.8 Å². The minimum Gasteiger partial charge on any atom is -0.379 e. The van der Waals surface area contributed by atoms with Crippen molar-refractivity contribution in [2.45, 2.75) is 77.4 Å². The first-order chi connectivity index (χ1) is 9.43. The molecule has 3 heteroatoms. The van der Waals surface area contributed by atoms with E-state index in [0.29, 0.717) is 0 Å². The highest BCUT2D eigenvalue weighted by Gasteiger charge is 2.35. The average Bonchev–Trinajstić information content (AvgIpc) is 2.42. The molecule has 0 aliphatic heterocycles. The molecule has 0 atom stereocenters. The number of hydrogen-bond donors (Lipinski definition) is 1. The maximum atomic E-state index is 6.36. The van der Waals surface area contributed by atoms with Crippen molar-refractivity contribution in [3.05, 3.63) is 0 Å². The molecule has 0 aromatic carbocycles. The van der Waals surface area contributed by atoms with E-state index in [0.717, 1.165) is 32.0 Å². The van der Waals surface area contributed by atoms with Crippen LogP contribution in [-0.2, 0) is 9.47 Å². The topological polar surface area (TPSA) is 30.5 Å². The molecule has 1 fully saturated rings. The van der Waals surface area contributed by atoms with E-state index in [1.807, 2.05) is 0 Å². The maximum Gasteiger partial charge on any atom is 0.0806 e. The Bertz CT molecular complexity index is 258. The molecule has 3 nitrogen and oxygen atoms in total. The fourth-order valence-electron chi connectivity index (χ4n) is 2.77. The van der Waals surface area contributed by atoms with Crippen molar-refractivity contribution >= 4 is 0 Å². The second-order valence-corrected chi connectivity index (χ2v) is 7.10. The van der Waals surface area contributed by atoms with Crippen molar-refractivity contribution in [1.82, 2.24) is 5.32 Å². The van der Waals surface area contributed by atoms with Gasteiger partial charge in [-0.05, 0) is 64.8 Å². The van der Waals surface area contributed by atoms with Crippen molar-refractivity contribution in [2.24, 2.45) is 5.92 Å². The monoisotopic (exact) mass is 285 g/mol. The summed E-state index contributed by atoms with van der Waals surface area (Å²) in [6.07, 6.45) is 7.11. The van der Waals surface area contributed by atoms with Crippen LogP contribution in [0.25, 0.3) is 0 Å². The number of hydrogen-bond acceptors (Lipinski definition) is 3. The molecule has 0 saturated heterocycles. The van der Waals surface area contributed by atoms with Gasteiger partial charge in [-0.2, -0.15) is 0 Å². The summed E-state index contributed by atoms with van der Waals surface area (Å²) in [6.45, 7) is 11.7. The quantitative estimate of drug-likeness (QED) is 0.654. The number of methoxy groups -OCH3 is 1. The van der Waals surface area contributed by atoms with E-state index in [9.17, 15) is 0 Å². The molecule has 1 N–H and O–H groups in total. The van der Waals surface area contributed by atoms with Crippen LogP contribution in [0.2, 0.25) is 0 Å². The Labute approximate surface area is 125 Å². The van der Waals surface area contributed by atoms with E-state index in [2.05, 4.69) is 33.0 Å². The minimum absolute atomic E-state index is 0.0610. The Morgan fingerprint density at radius 3 is 2.45 bits per heavy atom.